The Hall–Kier alpha value is -3.56. The molecule has 3 fully saturated rings. The Bertz CT molecular complexity index is 1630. The van der Waals surface area contributed by atoms with Crippen LogP contribution in [0.2, 0.25) is 0 Å². The average molecular weight is 612 g/mol. The first kappa shape index (κ1) is 28.6. The topological polar surface area (TPSA) is 115 Å². The van der Waals surface area contributed by atoms with Crippen LogP contribution in [0.1, 0.15) is 50.1 Å². The summed E-state index contributed by atoms with van der Waals surface area (Å²) >= 11 is 1.34. The second-order valence-corrected chi connectivity index (χ2v) is 14.7. The first-order chi connectivity index (χ1) is 20.2. The first-order valence-electron chi connectivity index (χ1n) is 14.2. The molecular weight excluding hydrogens is 580 g/mol. The molecule has 0 unspecified atom stereocenters. The van der Waals surface area contributed by atoms with Crippen LogP contribution in [0.5, 0.6) is 0 Å². The number of carbonyl (C=O) groups is 1. The van der Waals surface area contributed by atoms with E-state index in [1.807, 2.05) is 29.2 Å². The summed E-state index contributed by atoms with van der Waals surface area (Å²) < 4.78 is 51.8. The molecule has 8 nitrogen and oxygen atoms in total. The molecule has 0 spiro atoms. The van der Waals surface area contributed by atoms with Crippen molar-refractivity contribution in [1.82, 2.24) is 10.3 Å². The van der Waals surface area contributed by atoms with Crippen LogP contribution in [0.15, 0.2) is 42.5 Å². The summed E-state index contributed by atoms with van der Waals surface area (Å²) in [5.41, 5.74) is 1.88. The summed E-state index contributed by atoms with van der Waals surface area (Å²) in [5, 5.41) is 15.9. The number of amides is 1. The van der Waals surface area contributed by atoms with Crippen LogP contribution in [-0.4, -0.2) is 49.4 Å². The minimum absolute atomic E-state index is 0.0984. The highest BCUT2D eigenvalue weighted by Crippen LogP contribution is 2.46. The summed E-state index contributed by atoms with van der Waals surface area (Å²) in [4.78, 5) is 21.2. The van der Waals surface area contributed by atoms with E-state index in [0.29, 0.717) is 37.5 Å². The van der Waals surface area contributed by atoms with Crippen LogP contribution < -0.4 is 15.5 Å². The van der Waals surface area contributed by atoms with Crippen molar-refractivity contribution in [3.63, 3.8) is 0 Å². The minimum atomic E-state index is -3.00. The quantitative estimate of drug-likeness (QED) is 0.362. The van der Waals surface area contributed by atoms with Gasteiger partial charge in [-0.15, -0.1) is 0 Å². The Kier molecular flexibility index (Phi) is 7.66. The molecule has 1 aromatic heterocycles. The maximum atomic E-state index is 14.5. The number of nitrogens with one attached hydrogen (secondary N) is 2. The van der Waals surface area contributed by atoms with Crippen molar-refractivity contribution in [1.29, 1.82) is 5.26 Å². The molecule has 2 aromatic carbocycles. The van der Waals surface area contributed by atoms with Gasteiger partial charge in [-0.25, -0.2) is 22.2 Å². The monoisotopic (exact) mass is 611 g/mol. The number of benzene rings is 2. The Morgan fingerprint density at radius 2 is 1.79 bits per heavy atom. The van der Waals surface area contributed by atoms with E-state index < -0.39 is 27.0 Å². The minimum Gasteiger partial charge on any atom is -0.369 e. The second kappa shape index (κ2) is 11.3. The van der Waals surface area contributed by atoms with Crippen LogP contribution in [-0.2, 0) is 14.6 Å². The molecule has 1 saturated heterocycles. The van der Waals surface area contributed by atoms with Gasteiger partial charge in [0.15, 0.2) is 15.0 Å². The van der Waals surface area contributed by atoms with E-state index >= 15 is 0 Å². The molecule has 2 heterocycles. The summed E-state index contributed by atoms with van der Waals surface area (Å²) in [6, 6.07) is 13.4. The molecule has 3 aliphatic rings. The van der Waals surface area contributed by atoms with Crippen LogP contribution in [0.3, 0.4) is 0 Å². The molecular formula is C30H31F2N5O3S2. The number of aromatic nitrogens is 1. The van der Waals surface area contributed by atoms with Gasteiger partial charge in [-0.05, 0) is 55.5 Å². The van der Waals surface area contributed by atoms with E-state index in [-0.39, 0.29) is 34.9 Å². The highest BCUT2D eigenvalue weighted by molar-refractivity contribution is 7.91. The van der Waals surface area contributed by atoms with Gasteiger partial charge in [0.25, 0.3) is 0 Å². The number of hydrogen-bond donors (Lipinski definition) is 2. The molecule has 1 aliphatic heterocycles. The highest BCUT2D eigenvalue weighted by Gasteiger charge is 2.47. The van der Waals surface area contributed by atoms with Gasteiger partial charge < -0.3 is 15.5 Å². The molecule has 2 saturated carbocycles. The lowest BCUT2D eigenvalue weighted by molar-refractivity contribution is -0.127. The number of sulfone groups is 1. The van der Waals surface area contributed by atoms with Gasteiger partial charge >= 0.3 is 0 Å². The van der Waals surface area contributed by atoms with Gasteiger partial charge in [0.2, 0.25) is 5.91 Å². The molecule has 0 radical (unpaired) electrons. The third-order valence-corrected chi connectivity index (χ3v) is 11.1. The molecule has 6 rings (SSSR count). The van der Waals surface area contributed by atoms with E-state index in [1.54, 1.807) is 0 Å². The third-order valence-electron chi connectivity index (χ3n) is 8.45. The first-order valence-corrected chi connectivity index (χ1v) is 16.8. The van der Waals surface area contributed by atoms with Gasteiger partial charge in [0.1, 0.15) is 17.2 Å². The lowest BCUT2D eigenvalue weighted by Gasteiger charge is -2.31. The SMILES string of the molecule is N#CC1(NC(=O)[C@@H]2CCCC[C@H]2c2nc(Nc3ccc(F)cc3F)sc2-c2ccc(N3CCS(=O)(=O)CC3)cc2)CC1. The van der Waals surface area contributed by atoms with Crippen molar-refractivity contribution >= 4 is 43.6 Å². The second-order valence-electron chi connectivity index (χ2n) is 11.3. The fourth-order valence-corrected chi connectivity index (χ4v) is 8.09. The number of anilines is 3. The van der Waals surface area contributed by atoms with E-state index in [9.17, 15) is 27.3 Å². The molecule has 2 N–H and O–H groups in total. The highest BCUT2D eigenvalue weighted by atomic mass is 32.2. The van der Waals surface area contributed by atoms with Crippen LogP contribution in [0.4, 0.5) is 25.3 Å². The fourth-order valence-electron chi connectivity index (χ4n) is 5.83. The van der Waals surface area contributed by atoms with Crippen molar-refractivity contribution in [2.24, 2.45) is 5.92 Å². The molecule has 1 amide bonds. The maximum Gasteiger partial charge on any atom is 0.225 e. The lowest BCUT2D eigenvalue weighted by atomic mass is 9.76. The number of rotatable bonds is 7. The molecule has 2 atom stereocenters. The van der Waals surface area contributed by atoms with Crippen LogP contribution >= 0.6 is 11.3 Å². The zero-order valence-electron chi connectivity index (χ0n) is 22.9. The summed E-state index contributed by atoms with van der Waals surface area (Å²) in [6.45, 7) is 0.877. The molecule has 220 valence electrons. The predicted molar refractivity (Wildman–Crippen MR) is 158 cm³/mol. The molecule has 2 aliphatic carbocycles. The van der Waals surface area contributed by atoms with E-state index in [2.05, 4.69) is 16.7 Å². The van der Waals surface area contributed by atoms with Crippen molar-refractivity contribution in [2.75, 3.05) is 34.8 Å². The van der Waals surface area contributed by atoms with Crippen LogP contribution in [0.25, 0.3) is 10.4 Å². The summed E-state index contributed by atoms with van der Waals surface area (Å²) in [5.74, 6) is -1.83. The smallest absolute Gasteiger partial charge is 0.225 e. The molecule has 0 bridgehead atoms. The van der Waals surface area contributed by atoms with Gasteiger partial charge in [-0.3, -0.25) is 4.79 Å². The summed E-state index contributed by atoms with van der Waals surface area (Å²) in [6.07, 6.45) is 4.57. The normalized spacial score (nSPS) is 22.6. The number of halogens is 2. The molecule has 12 heteroatoms. The Labute approximate surface area is 247 Å². The number of hydrogen-bond acceptors (Lipinski definition) is 8. The number of thiazole rings is 1. The third kappa shape index (κ3) is 5.99. The summed E-state index contributed by atoms with van der Waals surface area (Å²) in [7, 11) is -3.00. The Morgan fingerprint density at radius 3 is 2.45 bits per heavy atom. The fraction of sp³-hybridized carbons (Fsp3) is 0.433. The zero-order chi connectivity index (χ0) is 29.5. The van der Waals surface area contributed by atoms with E-state index in [1.165, 1.54) is 23.5 Å². The maximum absolute atomic E-state index is 14.5. The number of nitriles is 1. The molecule has 42 heavy (non-hydrogen) atoms. The van der Waals surface area contributed by atoms with E-state index in [0.717, 1.165) is 47.2 Å². The Morgan fingerprint density at radius 1 is 1.07 bits per heavy atom. The van der Waals surface area contributed by atoms with Gasteiger partial charge in [0, 0.05) is 36.7 Å². The van der Waals surface area contributed by atoms with E-state index in [4.69, 9.17) is 4.98 Å². The van der Waals surface area contributed by atoms with Crippen molar-refractivity contribution in [3.05, 3.63) is 59.8 Å². The van der Waals surface area contributed by atoms with Gasteiger partial charge in [-0.1, -0.05) is 36.3 Å². The van der Waals surface area contributed by atoms with Crippen LogP contribution in [0, 0.1) is 28.9 Å². The van der Waals surface area contributed by atoms with Gasteiger partial charge in [-0.2, -0.15) is 5.26 Å². The standard InChI is InChI=1S/C30H31F2N5O3S2/c31-20-7-10-25(24(32)17-20)34-29-35-26(22-3-1-2-4-23(22)28(38)36-30(18-33)11-12-30)27(41-29)19-5-8-21(9-6-19)37-13-15-42(39,40)16-14-37/h5-10,17,22-23H,1-4,11-16H2,(H,34,35)(H,36,38)/t22-,23-/m1/s1. The zero-order valence-corrected chi connectivity index (χ0v) is 24.5. The average Bonchev–Trinajstić information content (AvgIpc) is 3.63. The van der Waals surface area contributed by atoms with Gasteiger partial charge in [0.05, 0.1) is 33.8 Å². The van der Waals surface area contributed by atoms with Crippen molar-refractivity contribution < 1.29 is 22.0 Å². The van der Waals surface area contributed by atoms with Crippen molar-refractivity contribution in [2.45, 2.75) is 50.0 Å². The lowest BCUT2D eigenvalue weighted by Crippen LogP contribution is -2.42. The molecule has 3 aromatic rings. The van der Waals surface area contributed by atoms with Crippen molar-refractivity contribution in [3.8, 4) is 16.5 Å². The largest absolute Gasteiger partial charge is 0.369 e. The Balaban J connectivity index is 1.33. The number of nitrogens with zero attached hydrogens (tertiary/aromatic N) is 3. The predicted octanol–water partition coefficient (Wildman–Crippen LogP) is 5.51. The number of carbonyl (C=O) groups excluding carboxylic acids is 1.